The maximum Gasteiger partial charge on any atom is 0.261 e. The number of halogens is 1. The van der Waals surface area contributed by atoms with Crippen molar-refractivity contribution in [3.8, 4) is 5.75 Å². The molecule has 0 heterocycles. The Morgan fingerprint density at radius 2 is 1.79 bits per heavy atom. The third-order valence-electron chi connectivity index (χ3n) is 2.99. The van der Waals surface area contributed by atoms with Gasteiger partial charge in [-0.1, -0.05) is 20.3 Å². The quantitative estimate of drug-likeness (QED) is 0.745. The van der Waals surface area contributed by atoms with E-state index < -0.39 is 9.05 Å². The van der Waals surface area contributed by atoms with Crippen molar-refractivity contribution in [3.05, 3.63) is 23.3 Å². The van der Waals surface area contributed by atoms with E-state index in [9.17, 15) is 8.42 Å². The van der Waals surface area contributed by atoms with Crippen molar-refractivity contribution >= 4 is 19.7 Å². The van der Waals surface area contributed by atoms with E-state index in [1.165, 1.54) is 0 Å². The molecule has 0 amide bonds. The number of hydrogen-bond acceptors (Lipinski definition) is 3. The minimum atomic E-state index is -3.70. The van der Waals surface area contributed by atoms with Gasteiger partial charge in [-0.15, -0.1) is 0 Å². The lowest BCUT2D eigenvalue weighted by molar-refractivity contribution is 0.251. The Morgan fingerprint density at radius 1 is 1.26 bits per heavy atom. The summed E-state index contributed by atoms with van der Waals surface area (Å²) < 4.78 is 28.6. The van der Waals surface area contributed by atoms with E-state index in [1.807, 2.05) is 0 Å². The van der Waals surface area contributed by atoms with E-state index in [4.69, 9.17) is 15.4 Å². The van der Waals surface area contributed by atoms with Gasteiger partial charge in [0.15, 0.2) is 0 Å². The summed E-state index contributed by atoms with van der Waals surface area (Å²) >= 11 is 0. The highest BCUT2D eigenvalue weighted by Crippen LogP contribution is 2.28. The van der Waals surface area contributed by atoms with Crippen molar-refractivity contribution in [2.24, 2.45) is 5.92 Å². The highest BCUT2D eigenvalue weighted by Gasteiger charge is 2.17. The summed E-state index contributed by atoms with van der Waals surface area (Å²) in [5.74, 6) is 1.18. The first kappa shape index (κ1) is 16.3. The molecular formula is C14H21ClO3S. The first-order valence-corrected chi connectivity index (χ1v) is 8.75. The fourth-order valence-electron chi connectivity index (χ4n) is 2.19. The van der Waals surface area contributed by atoms with Crippen molar-refractivity contribution in [1.82, 2.24) is 0 Å². The largest absolute Gasteiger partial charge is 0.493 e. The Kier molecular flexibility index (Phi) is 5.68. The monoisotopic (exact) mass is 304 g/mol. The summed E-state index contributed by atoms with van der Waals surface area (Å²) in [5, 5.41) is 0. The second kappa shape index (κ2) is 6.62. The van der Waals surface area contributed by atoms with Gasteiger partial charge in [0.2, 0.25) is 0 Å². The van der Waals surface area contributed by atoms with Crippen LogP contribution in [0.4, 0.5) is 0 Å². The molecule has 0 N–H and O–H groups in total. The van der Waals surface area contributed by atoms with Gasteiger partial charge in [-0.25, -0.2) is 8.42 Å². The second-order valence-electron chi connectivity index (χ2n) is 5.03. The van der Waals surface area contributed by atoms with Gasteiger partial charge in [0.05, 0.1) is 11.5 Å². The molecule has 0 radical (unpaired) electrons. The van der Waals surface area contributed by atoms with Crippen molar-refractivity contribution in [2.45, 2.75) is 45.4 Å². The van der Waals surface area contributed by atoms with Gasteiger partial charge in [-0.05, 0) is 49.4 Å². The molecule has 1 atom stereocenters. The summed E-state index contributed by atoms with van der Waals surface area (Å²) in [6.07, 6.45) is 2.25. The molecule has 0 aromatic heterocycles. The van der Waals surface area contributed by atoms with Gasteiger partial charge in [-0.3, -0.25) is 0 Å². The molecule has 0 saturated heterocycles. The lowest BCUT2D eigenvalue weighted by atomic mass is 10.1. The summed E-state index contributed by atoms with van der Waals surface area (Å²) in [5.41, 5.74) is 1.24. The van der Waals surface area contributed by atoms with E-state index in [0.29, 0.717) is 29.4 Å². The molecule has 3 nitrogen and oxygen atoms in total. The number of ether oxygens (including phenoxy) is 1. The number of aryl methyl sites for hydroxylation is 2. The number of benzene rings is 1. The zero-order chi connectivity index (χ0) is 14.6. The lowest BCUT2D eigenvalue weighted by Crippen LogP contribution is -2.09. The molecule has 5 heteroatoms. The van der Waals surface area contributed by atoms with Gasteiger partial charge < -0.3 is 4.74 Å². The van der Waals surface area contributed by atoms with Crippen LogP contribution in [0, 0.1) is 19.8 Å². The van der Waals surface area contributed by atoms with Crippen molar-refractivity contribution in [1.29, 1.82) is 0 Å². The molecule has 1 aromatic carbocycles. The van der Waals surface area contributed by atoms with Gasteiger partial charge in [0.1, 0.15) is 5.75 Å². The topological polar surface area (TPSA) is 43.4 Å². The van der Waals surface area contributed by atoms with Crippen LogP contribution < -0.4 is 4.74 Å². The predicted molar refractivity (Wildman–Crippen MR) is 78.5 cm³/mol. The van der Waals surface area contributed by atoms with Crippen molar-refractivity contribution in [2.75, 3.05) is 6.61 Å². The average molecular weight is 305 g/mol. The normalized spacial score (nSPS) is 13.3. The van der Waals surface area contributed by atoms with Gasteiger partial charge in [0.25, 0.3) is 9.05 Å². The minimum absolute atomic E-state index is 0.183. The smallest absolute Gasteiger partial charge is 0.261 e. The first-order chi connectivity index (χ1) is 8.75. The molecule has 1 unspecified atom stereocenters. The molecule has 0 saturated carbocycles. The van der Waals surface area contributed by atoms with Crippen LogP contribution in [0.5, 0.6) is 5.75 Å². The molecule has 0 aliphatic carbocycles. The molecular weight excluding hydrogens is 284 g/mol. The van der Waals surface area contributed by atoms with Crippen molar-refractivity contribution < 1.29 is 13.2 Å². The summed E-state index contributed by atoms with van der Waals surface area (Å²) in [6.45, 7) is 8.38. The zero-order valence-electron chi connectivity index (χ0n) is 11.9. The van der Waals surface area contributed by atoms with Crippen LogP contribution in [0.1, 0.15) is 37.8 Å². The fraction of sp³-hybridized carbons (Fsp3) is 0.571. The van der Waals surface area contributed by atoms with Crippen molar-refractivity contribution in [3.63, 3.8) is 0 Å². The molecule has 0 fully saturated rings. The maximum atomic E-state index is 11.5. The standard InChI is InChI=1S/C14H21ClO3S/c1-5-6-10(2)9-18-13-7-11(3)14(12(4)8-13)19(15,16)17/h7-8,10H,5-6,9H2,1-4H3. The highest BCUT2D eigenvalue weighted by atomic mass is 35.7. The van der Waals surface area contributed by atoms with Crippen LogP contribution in [0.2, 0.25) is 0 Å². The first-order valence-electron chi connectivity index (χ1n) is 6.44. The third kappa shape index (κ3) is 4.69. The van der Waals surface area contributed by atoms with Crippen LogP contribution in [0.15, 0.2) is 17.0 Å². The zero-order valence-corrected chi connectivity index (χ0v) is 13.4. The van der Waals surface area contributed by atoms with Crippen LogP contribution in [-0.4, -0.2) is 15.0 Å². The van der Waals surface area contributed by atoms with Gasteiger partial charge >= 0.3 is 0 Å². The molecule has 1 aromatic rings. The summed E-state index contributed by atoms with van der Waals surface area (Å²) in [4.78, 5) is 0.183. The minimum Gasteiger partial charge on any atom is -0.493 e. The average Bonchev–Trinajstić information content (AvgIpc) is 2.23. The SMILES string of the molecule is CCCC(C)COc1cc(C)c(S(=O)(=O)Cl)c(C)c1. The van der Waals surface area contributed by atoms with E-state index in [1.54, 1.807) is 26.0 Å². The predicted octanol–water partition coefficient (Wildman–Crippen LogP) is 4.05. The van der Waals surface area contributed by atoms with E-state index in [-0.39, 0.29) is 4.90 Å². The summed E-state index contributed by atoms with van der Waals surface area (Å²) in [6, 6.07) is 3.45. The molecule has 0 aliphatic heterocycles. The third-order valence-corrected chi connectivity index (χ3v) is 4.59. The Bertz CT molecular complexity index is 515. The van der Waals surface area contributed by atoms with Crippen LogP contribution in [0.3, 0.4) is 0 Å². The Hall–Kier alpha value is -0.740. The van der Waals surface area contributed by atoms with Gasteiger partial charge in [0, 0.05) is 10.7 Å². The molecule has 108 valence electrons. The highest BCUT2D eigenvalue weighted by molar-refractivity contribution is 8.13. The lowest BCUT2D eigenvalue weighted by Gasteiger charge is -2.14. The van der Waals surface area contributed by atoms with Crippen LogP contribution in [-0.2, 0) is 9.05 Å². The number of rotatable bonds is 6. The van der Waals surface area contributed by atoms with E-state index in [0.717, 1.165) is 12.8 Å². The molecule has 0 spiro atoms. The van der Waals surface area contributed by atoms with Crippen LogP contribution in [0.25, 0.3) is 0 Å². The number of hydrogen-bond donors (Lipinski definition) is 0. The fourth-order valence-corrected chi connectivity index (χ4v) is 3.81. The summed E-state index contributed by atoms with van der Waals surface area (Å²) in [7, 11) is 1.72. The molecule has 1 rings (SSSR count). The Labute approximate surface area is 120 Å². The van der Waals surface area contributed by atoms with E-state index >= 15 is 0 Å². The van der Waals surface area contributed by atoms with Crippen LogP contribution >= 0.6 is 10.7 Å². The Morgan fingerprint density at radius 3 is 2.21 bits per heavy atom. The second-order valence-corrected chi connectivity index (χ2v) is 7.53. The van der Waals surface area contributed by atoms with E-state index in [2.05, 4.69) is 13.8 Å². The molecule has 0 bridgehead atoms. The Balaban J connectivity index is 2.90. The molecule has 0 aliphatic rings. The van der Waals surface area contributed by atoms with Gasteiger partial charge in [-0.2, -0.15) is 0 Å². The molecule has 19 heavy (non-hydrogen) atoms. The maximum absolute atomic E-state index is 11.5.